The molecule has 0 aromatic heterocycles. The Bertz CT molecular complexity index is 770. The Morgan fingerprint density at radius 1 is 1.10 bits per heavy atom. The van der Waals surface area contributed by atoms with E-state index < -0.39 is 0 Å². The van der Waals surface area contributed by atoms with Gasteiger partial charge >= 0.3 is 0 Å². The lowest BCUT2D eigenvalue weighted by Gasteiger charge is -2.56. The monoisotopic (exact) mass is 396 g/mol. The molecule has 1 heterocycles. The van der Waals surface area contributed by atoms with Crippen LogP contribution < -0.4 is 10.1 Å². The standard InChI is InChI=1S/C24H32N2O3/c1-2-29-21-8-4-3-6-19(21)25-22(27)20-7-5-9-26(20)23(28)24-13-16-10-17(14-24)12-18(11-16)15-24/h3-4,6,8,16-18,20H,2,5,7,9-15H2,1H3,(H,25,27)/t16?,17?,18?,20-,24?/m0/s1. The predicted molar refractivity (Wildman–Crippen MR) is 112 cm³/mol. The molecular weight excluding hydrogens is 364 g/mol. The zero-order valence-electron chi connectivity index (χ0n) is 17.4. The van der Waals surface area contributed by atoms with Crippen LogP contribution in [0.25, 0.3) is 0 Å². The fraction of sp³-hybridized carbons (Fsp3) is 0.667. The van der Waals surface area contributed by atoms with Crippen LogP contribution in [0.2, 0.25) is 0 Å². The van der Waals surface area contributed by atoms with Gasteiger partial charge in [-0.3, -0.25) is 9.59 Å². The van der Waals surface area contributed by atoms with Crippen molar-refractivity contribution in [3.63, 3.8) is 0 Å². The van der Waals surface area contributed by atoms with Crippen LogP contribution in [0.4, 0.5) is 5.69 Å². The molecular formula is C24H32N2O3. The third kappa shape index (κ3) is 3.32. The highest BCUT2D eigenvalue weighted by Crippen LogP contribution is 2.60. The molecule has 1 aromatic rings. The largest absolute Gasteiger partial charge is 0.492 e. The first-order chi connectivity index (χ1) is 14.1. The number of rotatable bonds is 5. The van der Waals surface area contributed by atoms with Gasteiger partial charge in [0, 0.05) is 6.54 Å². The number of carbonyl (C=O) groups excluding carboxylic acids is 2. The molecule has 0 spiro atoms. The molecule has 6 rings (SSSR count). The molecule has 5 heteroatoms. The average Bonchev–Trinajstić information content (AvgIpc) is 3.18. The Hall–Kier alpha value is -2.04. The summed E-state index contributed by atoms with van der Waals surface area (Å²) < 4.78 is 5.64. The van der Waals surface area contributed by atoms with Gasteiger partial charge in [-0.15, -0.1) is 0 Å². The van der Waals surface area contributed by atoms with Gasteiger partial charge in [-0.2, -0.15) is 0 Å². The molecule has 5 nitrogen and oxygen atoms in total. The van der Waals surface area contributed by atoms with Crippen molar-refractivity contribution in [3.05, 3.63) is 24.3 Å². The third-order valence-corrected chi connectivity index (χ3v) is 7.75. The van der Waals surface area contributed by atoms with E-state index in [0.29, 0.717) is 24.6 Å². The van der Waals surface area contributed by atoms with E-state index in [1.165, 1.54) is 19.3 Å². The summed E-state index contributed by atoms with van der Waals surface area (Å²) in [7, 11) is 0. The molecule has 5 fully saturated rings. The second-order valence-corrected chi connectivity index (χ2v) is 9.77. The fourth-order valence-electron chi connectivity index (χ4n) is 7.03. The van der Waals surface area contributed by atoms with E-state index >= 15 is 0 Å². The highest BCUT2D eigenvalue weighted by Gasteiger charge is 2.56. The van der Waals surface area contributed by atoms with Crippen LogP contribution in [0.15, 0.2) is 24.3 Å². The lowest BCUT2D eigenvalue weighted by atomic mass is 9.49. The number of hydrogen-bond acceptors (Lipinski definition) is 3. The molecule has 4 bridgehead atoms. The minimum Gasteiger partial charge on any atom is -0.492 e. The van der Waals surface area contributed by atoms with Gasteiger partial charge in [0.1, 0.15) is 11.8 Å². The Kier molecular flexibility index (Phi) is 4.79. The van der Waals surface area contributed by atoms with Crippen molar-refractivity contribution in [2.75, 3.05) is 18.5 Å². The van der Waals surface area contributed by atoms with Crippen molar-refractivity contribution in [3.8, 4) is 5.75 Å². The number of amides is 2. The molecule has 2 amide bonds. The van der Waals surface area contributed by atoms with Gasteiger partial charge in [0.2, 0.25) is 11.8 Å². The van der Waals surface area contributed by atoms with Gasteiger partial charge in [0.25, 0.3) is 0 Å². The van der Waals surface area contributed by atoms with E-state index in [9.17, 15) is 9.59 Å². The van der Waals surface area contributed by atoms with Crippen LogP contribution in [0.3, 0.4) is 0 Å². The van der Waals surface area contributed by atoms with Crippen LogP contribution in [0.1, 0.15) is 58.3 Å². The van der Waals surface area contributed by atoms with E-state index in [1.807, 2.05) is 36.1 Å². The van der Waals surface area contributed by atoms with Crippen molar-refractivity contribution in [2.24, 2.45) is 23.2 Å². The summed E-state index contributed by atoms with van der Waals surface area (Å²) in [5.41, 5.74) is 0.509. The van der Waals surface area contributed by atoms with E-state index in [4.69, 9.17) is 4.74 Å². The maximum atomic E-state index is 13.8. The zero-order chi connectivity index (χ0) is 20.0. The highest BCUT2D eigenvalue weighted by molar-refractivity contribution is 5.99. The van der Waals surface area contributed by atoms with Gasteiger partial charge < -0.3 is 15.0 Å². The molecule has 1 saturated heterocycles. The van der Waals surface area contributed by atoms with Crippen molar-refractivity contribution in [1.29, 1.82) is 0 Å². The summed E-state index contributed by atoms with van der Waals surface area (Å²) in [4.78, 5) is 28.8. The van der Waals surface area contributed by atoms with E-state index in [0.717, 1.165) is 49.9 Å². The lowest BCUT2D eigenvalue weighted by Crippen LogP contribution is -2.56. The number of hydrogen-bond donors (Lipinski definition) is 1. The fourth-order valence-corrected chi connectivity index (χ4v) is 7.03. The molecule has 0 unspecified atom stereocenters. The molecule has 0 radical (unpaired) electrons. The summed E-state index contributed by atoms with van der Waals surface area (Å²) in [5, 5.41) is 3.04. The Morgan fingerprint density at radius 2 is 1.76 bits per heavy atom. The van der Waals surface area contributed by atoms with E-state index in [2.05, 4.69) is 5.32 Å². The average molecular weight is 397 g/mol. The first-order valence-corrected chi connectivity index (χ1v) is 11.4. The summed E-state index contributed by atoms with van der Waals surface area (Å²) in [6, 6.07) is 7.17. The smallest absolute Gasteiger partial charge is 0.247 e. The minimum absolute atomic E-state index is 0.0762. The van der Waals surface area contributed by atoms with Crippen molar-refractivity contribution >= 4 is 17.5 Å². The number of ether oxygens (including phenoxy) is 1. The summed E-state index contributed by atoms with van der Waals surface area (Å²) in [5.74, 6) is 3.08. The number of nitrogens with one attached hydrogen (secondary N) is 1. The van der Waals surface area contributed by atoms with Crippen LogP contribution in [-0.4, -0.2) is 35.9 Å². The highest BCUT2D eigenvalue weighted by atomic mass is 16.5. The summed E-state index contributed by atoms with van der Waals surface area (Å²) in [6.07, 6.45) is 8.78. The maximum absolute atomic E-state index is 13.8. The Labute approximate surface area is 173 Å². The van der Waals surface area contributed by atoms with Crippen LogP contribution in [0, 0.1) is 23.2 Å². The van der Waals surface area contributed by atoms with Crippen molar-refractivity contribution < 1.29 is 14.3 Å². The molecule has 4 saturated carbocycles. The van der Waals surface area contributed by atoms with Gasteiger partial charge in [-0.05, 0) is 88.2 Å². The van der Waals surface area contributed by atoms with Gasteiger partial charge in [-0.25, -0.2) is 0 Å². The van der Waals surface area contributed by atoms with Gasteiger partial charge in [0.05, 0.1) is 17.7 Å². The lowest BCUT2D eigenvalue weighted by molar-refractivity contribution is -0.160. The summed E-state index contributed by atoms with van der Waals surface area (Å²) >= 11 is 0. The minimum atomic E-state index is -0.356. The van der Waals surface area contributed by atoms with Crippen molar-refractivity contribution in [1.82, 2.24) is 4.90 Å². The van der Waals surface area contributed by atoms with E-state index in [1.54, 1.807) is 0 Å². The molecule has 5 aliphatic rings. The van der Waals surface area contributed by atoms with Crippen LogP contribution >= 0.6 is 0 Å². The molecule has 1 atom stereocenters. The number of likely N-dealkylation sites (tertiary alicyclic amines) is 1. The number of nitrogens with zero attached hydrogens (tertiary/aromatic N) is 1. The zero-order valence-corrected chi connectivity index (χ0v) is 17.4. The molecule has 1 aliphatic heterocycles. The van der Waals surface area contributed by atoms with Gasteiger partial charge in [-0.1, -0.05) is 12.1 Å². The number of carbonyl (C=O) groups is 2. The first kappa shape index (κ1) is 19.0. The van der Waals surface area contributed by atoms with Crippen molar-refractivity contribution in [2.45, 2.75) is 64.3 Å². The number of benzene rings is 1. The molecule has 1 aromatic carbocycles. The quantitative estimate of drug-likeness (QED) is 0.810. The topological polar surface area (TPSA) is 58.6 Å². The molecule has 29 heavy (non-hydrogen) atoms. The predicted octanol–water partition coefficient (Wildman–Crippen LogP) is 4.23. The Morgan fingerprint density at radius 3 is 2.41 bits per heavy atom. The molecule has 1 N–H and O–H groups in total. The molecule has 156 valence electrons. The Balaban J connectivity index is 1.33. The number of anilines is 1. The number of para-hydroxylation sites is 2. The second-order valence-electron chi connectivity index (χ2n) is 9.77. The summed E-state index contributed by atoms with van der Waals surface area (Å²) in [6.45, 7) is 3.19. The second kappa shape index (κ2) is 7.33. The maximum Gasteiger partial charge on any atom is 0.247 e. The van der Waals surface area contributed by atoms with Gasteiger partial charge in [0.15, 0.2) is 0 Å². The SMILES string of the molecule is CCOc1ccccc1NC(=O)[C@@H]1CCCN1C(=O)C12CC3CC(CC(C3)C1)C2. The molecule has 4 aliphatic carbocycles. The van der Waals surface area contributed by atoms with E-state index in [-0.39, 0.29) is 23.3 Å². The normalized spacial score (nSPS) is 35.0. The van der Waals surface area contributed by atoms with Crippen LogP contribution in [-0.2, 0) is 9.59 Å². The first-order valence-electron chi connectivity index (χ1n) is 11.4. The van der Waals surface area contributed by atoms with Crippen LogP contribution in [0.5, 0.6) is 5.75 Å². The third-order valence-electron chi connectivity index (χ3n) is 7.75.